The van der Waals surface area contributed by atoms with Crippen molar-refractivity contribution in [3.8, 4) is 124 Å². The molecule has 0 aromatic heterocycles. The Morgan fingerprint density at radius 1 is 0.316 bits per heavy atom. The van der Waals surface area contributed by atoms with E-state index >= 15 is 0 Å². The van der Waals surface area contributed by atoms with E-state index in [0.717, 1.165) is 94.2 Å². The van der Waals surface area contributed by atoms with Crippen LogP contribution in [0, 0.1) is 0 Å². The summed E-state index contributed by atoms with van der Waals surface area (Å²) in [5, 5.41) is 0. The molecule has 7 aromatic rings. The van der Waals surface area contributed by atoms with E-state index in [0.29, 0.717) is 57.5 Å². The predicted octanol–water partition coefficient (Wildman–Crippen LogP) is 5.39. The van der Waals surface area contributed by atoms with Crippen molar-refractivity contribution in [2.45, 2.75) is 6.29 Å². The van der Waals surface area contributed by atoms with Gasteiger partial charge in [0.2, 0.25) is 0 Å². The van der Waals surface area contributed by atoms with Crippen molar-refractivity contribution in [1.82, 2.24) is 0 Å². The van der Waals surface area contributed by atoms with Crippen molar-refractivity contribution in [2.24, 2.45) is 0 Å². The third-order valence-electron chi connectivity index (χ3n) is 13.1. The molecule has 0 saturated heterocycles. The lowest BCUT2D eigenvalue weighted by Crippen LogP contribution is -2.59. The van der Waals surface area contributed by atoms with E-state index in [1.165, 1.54) is 0 Å². The van der Waals surface area contributed by atoms with Gasteiger partial charge in [0.25, 0.3) is 6.29 Å². The lowest BCUT2D eigenvalue weighted by Gasteiger charge is -2.47. The Bertz CT molecular complexity index is 3070. The number of rotatable bonds is 0. The van der Waals surface area contributed by atoms with Gasteiger partial charge in [-0.3, -0.25) is 0 Å². The standard InChI is InChI=1S/C43H16B4O10/c1-3-9-18-16(7-1)26-37-33-28-20(52-44(37)50-18)11-5-13-22(28)54-46-39(33)35-30-24(56-46)15-25-31-32(30)43(48-41(26)35)49-42-27-17-8-2-4-10-19(17)51-45-38(27)34-29-21(53-45)12-6-14-23(29)55-47(57-25)40(34)36(31)42/h1-15,43H. The fourth-order valence-corrected chi connectivity index (χ4v) is 11.2. The van der Waals surface area contributed by atoms with Gasteiger partial charge in [0, 0.05) is 72.4 Å². The molecular formula is C43H16B4O10. The number of hydrogen-bond acceptors (Lipinski definition) is 10. The summed E-state index contributed by atoms with van der Waals surface area (Å²) in [5.41, 5.74) is 15.4. The van der Waals surface area contributed by atoms with Gasteiger partial charge < -0.3 is 46.7 Å². The largest absolute Gasteiger partial charge is 0.634 e. The molecule has 0 radical (unpaired) electrons. The van der Waals surface area contributed by atoms with Gasteiger partial charge in [-0.1, -0.05) is 48.5 Å². The predicted molar refractivity (Wildman–Crippen MR) is 210 cm³/mol. The van der Waals surface area contributed by atoms with Gasteiger partial charge in [-0.05, 0) is 47.5 Å². The first-order valence-corrected chi connectivity index (χ1v) is 19.1. The molecule has 14 heteroatoms. The molecule has 0 unspecified atom stereocenters. The van der Waals surface area contributed by atoms with Crippen LogP contribution in [0.2, 0.25) is 0 Å². The lowest BCUT2D eigenvalue weighted by atomic mass is 9.55. The van der Waals surface area contributed by atoms with Crippen LogP contribution in [-0.4, -0.2) is 28.5 Å². The summed E-state index contributed by atoms with van der Waals surface area (Å²) in [7, 11) is -2.97. The Labute approximate surface area is 323 Å². The summed E-state index contributed by atoms with van der Waals surface area (Å²) in [6, 6.07) is 29.8. The van der Waals surface area contributed by atoms with E-state index in [1.54, 1.807) is 0 Å². The van der Waals surface area contributed by atoms with Crippen molar-refractivity contribution >= 4 is 50.3 Å². The molecule has 260 valence electrons. The zero-order chi connectivity index (χ0) is 36.2. The van der Waals surface area contributed by atoms with Crippen molar-refractivity contribution in [1.29, 1.82) is 0 Å². The minimum absolute atomic E-state index is 0.618. The van der Waals surface area contributed by atoms with Gasteiger partial charge in [0.15, 0.2) is 0 Å². The molecular weight excluding hydrogens is 720 g/mol. The fourth-order valence-electron chi connectivity index (χ4n) is 11.2. The summed E-state index contributed by atoms with van der Waals surface area (Å²) >= 11 is 0. The highest BCUT2D eigenvalue weighted by Gasteiger charge is 2.60. The van der Waals surface area contributed by atoms with E-state index in [9.17, 15) is 0 Å². The molecule has 7 aromatic carbocycles. The van der Waals surface area contributed by atoms with Crippen molar-refractivity contribution in [2.75, 3.05) is 0 Å². The molecule has 0 bridgehead atoms. The normalized spacial score (nSPS) is 16.9. The molecule has 0 atom stereocenters. The van der Waals surface area contributed by atoms with E-state index in [4.69, 9.17) is 46.7 Å². The summed E-state index contributed by atoms with van der Waals surface area (Å²) < 4.78 is 68.6. The molecule has 0 saturated carbocycles. The van der Waals surface area contributed by atoms with Crippen LogP contribution in [0.25, 0.3) is 66.8 Å². The van der Waals surface area contributed by atoms with E-state index < -0.39 is 34.8 Å². The van der Waals surface area contributed by atoms with E-state index in [-0.39, 0.29) is 0 Å². The van der Waals surface area contributed by atoms with Crippen LogP contribution in [0.5, 0.6) is 57.5 Å². The van der Waals surface area contributed by atoms with Crippen molar-refractivity contribution < 1.29 is 46.7 Å². The maximum atomic E-state index is 7.35. The summed E-state index contributed by atoms with van der Waals surface area (Å²) in [5.74, 6) is 6.74. The van der Waals surface area contributed by atoms with Crippen molar-refractivity contribution in [3.05, 3.63) is 96.6 Å². The fraction of sp³-hybridized carbons (Fsp3) is 0.0233. The van der Waals surface area contributed by atoms with Crippen LogP contribution in [0.4, 0.5) is 0 Å². The summed E-state index contributed by atoms with van der Waals surface area (Å²) in [4.78, 5) is 0. The van der Waals surface area contributed by atoms with Gasteiger partial charge in [-0.15, -0.1) is 0 Å². The zero-order valence-electron chi connectivity index (χ0n) is 29.1. The monoisotopic (exact) mass is 736 g/mol. The van der Waals surface area contributed by atoms with Gasteiger partial charge in [0.05, 0.1) is 16.7 Å². The minimum atomic E-state index is -0.882. The van der Waals surface area contributed by atoms with Crippen LogP contribution >= 0.6 is 0 Å². The SMILES string of the molecule is c1ccc2c(c1)OB1Oc3cccc4c3-c3c1c-2c1c2c3B(O4)Oc3cc4c5c(c3-2)C(O1)Oc1c2c3c6c(c1-5)B(Oc1cccc(c1-6)OB3Oc1ccccc1-2)O4. The highest BCUT2D eigenvalue weighted by Crippen LogP contribution is 2.65. The Hall–Kier alpha value is -7.20. The number of ether oxygens (including phenoxy) is 2. The summed E-state index contributed by atoms with van der Waals surface area (Å²) in [6.45, 7) is 0. The van der Waals surface area contributed by atoms with Crippen LogP contribution in [0.15, 0.2) is 91.0 Å². The Morgan fingerprint density at radius 2 is 0.684 bits per heavy atom. The van der Waals surface area contributed by atoms with Gasteiger partial charge in [0.1, 0.15) is 57.5 Å². The molecule has 57 heavy (non-hydrogen) atoms. The second kappa shape index (κ2) is 8.61. The Morgan fingerprint density at radius 3 is 1.14 bits per heavy atom. The van der Waals surface area contributed by atoms with Gasteiger partial charge >= 0.3 is 28.5 Å². The van der Waals surface area contributed by atoms with Crippen molar-refractivity contribution in [3.63, 3.8) is 0 Å². The molecule has 0 amide bonds. The maximum absolute atomic E-state index is 7.35. The summed E-state index contributed by atoms with van der Waals surface area (Å²) in [6.07, 6.45) is -0.882. The maximum Gasteiger partial charge on any atom is 0.634 e. The number of para-hydroxylation sites is 2. The second-order valence-corrected chi connectivity index (χ2v) is 15.7. The third-order valence-corrected chi connectivity index (χ3v) is 13.1. The highest BCUT2D eigenvalue weighted by molar-refractivity contribution is 6.76. The van der Waals surface area contributed by atoms with E-state index in [1.807, 2.05) is 78.9 Å². The first-order valence-electron chi connectivity index (χ1n) is 19.1. The minimum Gasteiger partial charge on any atom is -0.521 e. The molecule has 0 spiro atoms. The van der Waals surface area contributed by atoms with Crippen LogP contribution in [0.1, 0.15) is 11.9 Å². The number of hydrogen-bond donors (Lipinski definition) is 0. The topological polar surface area (TPSA) is 92.3 Å². The zero-order valence-corrected chi connectivity index (χ0v) is 29.1. The molecule has 10 aliphatic rings. The Balaban J connectivity index is 1.04. The second-order valence-electron chi connectivity index (χ2n) is 15.7. The molecule has 0 fully saturated rings. The van der Waals surface area contributed by atoms with E-state index in [2.05, 4.69) is 12.1 Å². The van der Waals surface area contributed by atoms with Gasteiger partial charge in [-0.25, -0.2) is 0 Å². The number of fused-ring (bicyclic) bond motifs is 6. The first-order chi connectivity index (χ1) is 28.2. The van der Waals surface area contributed by atoms with Crippen LogP contribution < -0.4 is 68.6 Å². The van der Waals surface area contributed by atoms with Crippen LogP contribution in [-0.2, 0) is 0 Å². The quantitative estimate of drug-likeness (QED) is 0.189. The highest BCUT2D eigenvalue weighted by atomic mass is 16.7. The molecule has 10 aliphatic heterocycles. The molecule has 0 aliphatic carbocycles. The average molecular weight is 736 g/mol. The smallest absolute Gasteiger partial charge is 0.521 e. The van der Waals surface area contributed by atoms with Gasteiger partial charge in [-0.2, -0.15) is 0 Å². The lowest BCUT2D eigenvalue weighted by molar-refractivity contribution is 0.000487. The Kier molecular flexibility index (Phi) is 4.14. The average Bonchev–Trinajstić information content (AvgIpc) is 3.24. The first kappa shape index (κ1) is 27.4. The molecule has 0 N–H and O–H groups in total. The van der Waals surface area contributed by atoms with Crippen LogP contribution in [0.3, 0.4) is 0 Å². The molecule has 10 heterocycles. The third kappa shape index (κ3) is 2.82. The number of benzene rings is 7. The molecule has 17 rings (SSSR count). The molecule has 10 nitrogen and oxygen atoms in total.